The number of ether oxygens (including phenoxy) is 1. The Morgan fingerprint density at radius 1 is 1.28 bits per heavy atom. The highest BCUT2D eigenvalue weighted by molar-refractivity contribution is 5.75. The lowest BCUT2D eigenvalue weighted by atomic mass is 10.2. The van der Waals surface area contributed by atoms with E-state index in [4.69, 9.17) is 4.74 Å². The summed E-state index contributed by atoms with van der Waals surface area (Å²) < 4.78 is 4.99. The van der Waals surface area contributed by atoms with Crippen molar-refractivity contribution in [3.63, 3.8) is 0 Å². The maximum absolute atomic E-state index is 11.5. The molecule has 0 aromatic heterocycles. The van der Waals surface area contributed by atoms with E-state index in [0.717, 1.165) is 32.7 Å². The van der Waals surface area contributed by atoms with Crippen LogP contribution in [-0.2, 0) is 9.53 Å². The van der Waals surface area contributed by atoms with Crippen molar-refractivity contribution in [1.82, 2.24) is 15.5 Å². The van der Waals surface area contributed by atoms with E-state index in [1.54, 1.807) is 7.11 Å². The summed E-state index contributed by atoms with van der Waals surface area (Å²) in [5.74, 6) is 0.140. The monoisotopic (exact) mass is 259 g/mol. The van der Waals surface area contributed by atoms with Gasteiger partial charge in [0.2, 0.25) is 5.91 Å². The van der Waals surface area contributed by atoms with Gasteiger partial charge < -0.3 is 20.3 Å². The molecule has 0 radical (unpaired) electrons. The largest absolute Gasteiger partial charge is 0.383 e. The van der Waals surface area contributed by atoms with Crippen LogP contribution in [0.25, 0.3) is 0 Å². The van der Waals surface area contributed by atoms with Crippen LogP contribution in [0.15, 0.2) is 0 Å². The molecule has 5 nitrogen and oxygen atoms in total. The van der Waals surface area contributed by atoms with Crippen molar-refractivity contribution in [2.45, 2.75) is 32.7 Å². The van der Waals surface area contributed by atoms with Crippen molar-refractivity contribution >= 4 is 5.91 Å². The number of rotatable bonds is 11. The predicted octanol–water partition coefficient (Wildman–Crippen LogP) is 0.459. The van der Waals surface area contributed by atoms with Crippen LogP contribution in [0.5, 0.6) is 0 Å². The van der Waals surface area contributed by atoms with Crippen molar-refractivity contribution in [3.05, 3.63) is 0 Å². The van der Waals surface area contributed by atoms with E-state index in [2.05, 4.69) is 29.4 Å². The fourth-order valence-electron chi connectivity index (χ4n) is 1.47. The number of nitrogens with zero attached hydrogens (tertiary/aromatic N) is 1. The van der Waals surface area contributed by atoms with E-state index < -0.39 is 0 Å². The highest BCUT2D eigenvalue weighted by Gasteiger charge is 2.02. The molecule has 0 aliphatic rings. The highest BCUT2D eigenvalue weighted by atomic mass is 16.5. The van der Waals surface area contributed by atoms with Crippen LogP contribution >= 0.6 is 0 Å². The zero-order valence-corrected chi connectivity index (χ0v) is 12.3. The first-order valence-corrected chi connectivity index (χ1v) is 6.73. The summed E-state index contributed by atoms with van der Waals surface area (Å²) >= 11 is 0. The van der Waals surface area contributed by atoms with Crippen LogP contribution in [0.4, 0.5) is 0 Å². The third-order valence-electron chi connectivity index (χ3n) is 2.63. The number of amides is 1. The summed E-state index contributed by atoms with van der Waals surface area (Å²) in [6.45, 7) is 8.30. The topological polar surface area (TPSA) is 53.6 Å². The van der Waals surface area contributed by atoms with E-state index in [9.17, 15) is 4.79 Å². The van der Waals surface area contributed by atoms with Crippen molar-refractivity contribution in [2.75, 3.05) is 46.9 Å². The Kier molecular flexibility index (Phi) is 11.0. The molecular weight excluding hydrogens is 230 g/mol. The minimum atomic E-state index is 0.140. The first kappa shape index (κ1) is 17.4. The van der Waals surface area contributed by atoms with Crippen molar-refractivity contribution < 1.29 is 9.53 Å². The first-order chi connectivity index (χ1) is 8.56. The third kappa shape index (κ3) is 11.8. The summed E-state index contributed by atoms with van der Waals surface area (Å²) in [5, 5.41) is 6.23. The lowest BCUT2D eigenvalue weighted by Crippen LogP contribution is -2.34. The van der Waals surface area contributed by atoms with Crippen LogP contribution in [0, 0.1) is 0 Å². The van der Waals surface area contributed by atoms with Gasteiger partial charge in [0.15, 0.2) is 0 Å². The Bertz CT molecular complexity index is 210. The van der Waals surface area contributed by atoms with E-state index in [-0.39, 0.29) is 5.91 Å². The molecule has 2 N–H and O–H groups in total. The van der Waals surface area contributed by atoms with Gasteiger partial charge in [-0.2, -0.15) is 0 Å². The van der Waals surface area contributed by atoms with Crippen LogP contribution in [0.2, 0.25) is 0 Å². The number of hydrogen-bond acceptors (Lipinski definition) is 4. The number of nitrogens with one attached hydrogen (secondary N) is 2. The van der Waals surface area contributed by atoms with E-state index in [1.165, 1.54) is 0 Å². The fourth-order valence-corrected chi connectivity index (χ4v) is 1.47. The standard InChI is InChI=1S/C13H29N3O2/c1-12(2)14-7-5-6-13(17)15-8-9-16(3)10-11-18-4/h12,14H,5-11H2,1-4H3,(H,15,17). The quantitative estimate of drug-likeness (QED) is 0.529. The van der Waals surface area contributed by atoms with Gasteiger partial charge in [0.25, 0.3) is 0 Å². The van der Waals surface area contributed by atoms with Gasteiger partial charge in [0, 0.05) is 39.2 Å². The molecule has 0 heterocycles. The number of likely N-dealkylation sites (N-methyl/N-ethyl adjacent to an activating group) is 1. The molecule has 0 aromatic rings. The minimum Gasteiger partial charge on any atom is -0.383 e. The molecular formula is C13H29N3O2. The molecule has 0 saturated heterocycles. The molecule has 0 aromatic carbocycles. The maximum atomic E-state index is 11.5. The van der Waals surface area contributed by atoms with Crippen molar-refractivity contribution in [3.8, 4) is 0 Å². The van der Waals surface area contributed by atoms with Gasteiger partial charge in [-0.15, -0.1) is 0 Å². The summed E-state index contributed by atoms with van der Waals surface area (Å²) in [6.07, 6.45) is 1.49. The zero-order chi connectivity index (χ0) is 13.8. The molecule has 0 bridgehead atoms. The smallest absolute Gasteiger partial charge is 0.220 e. The molecule has 0 spiro atoms. The average Bonchev–Trinajstić information content (AvgIpc) is 2.32. The second-order valence-corrected chi connectivity index (χ2v) is 4.86. The molecule has 18 heavy (non-hydrogen) atoms. The third-order valence-corrected chi connectivity index (χ3v) is 2.63. The zero-order valence-electron chi connectivity index (χ0n) is 12.3. The number of hydrogen-bond donors (Lipinski definition) is 2. The van der Waals surface area contributed by atoms with Crippen LogP contribution < -0.4 is 10.6 Å². The van der Waals surface area contributed by atoms with Crippen molar-refractivity contribution in [1.29, 1.82) is 0 Å². The lowest BCUT2D eigenvalue weighted by molar-refractivity contribution is -0.121. The van der Waals surface area contributed by atoms with Crippen LogP contribution in [0.3, 0.4) is 0 Å². The molecule has 5 heteroatoms. The molecule has 0 atom stereocenters. The molecule has 0 aliphatic carbocycles. The fraction of sp³-hybridized carbons (Fsp3) is 0.923. The Hall–Kier alpha value is -0.650. The Morgan fingerprint density at radius 3 is 2.61 bits per heavy atom. The highest BCUT2D eigenvalue weighted by Crippen LogP contribution is 1.89. The average molecular weight is 259 g/mol. The normalized spacial score (nSPS) is 11.2. The number of carbonyl (C=O) groups excluding carboxylic acids is 1. The van der Waals surface area contributed by atoms with Gasteiger partial charge in [-0.05, 0) is 20.0 Å². The summed E-state index contributed by atoms with van der Waals surface area (Å²) in [6, 6.07) is 0.488. The molecule has 0 aliphatic heterocycles. The molecule has 0 unspecified atom stereocenters. The van der Waals surface area contributed by atoms with E-state index in [0.29, 0.717) is 19.0 Å². The van der Waals surface area contributed by atoms with Gasteiger partial charge in [-0.1, -0.05) is 13.8 Å². The Labute approximate surface area is 111 Å². The summed E-state index contributed by atoms with van der Waals surface area (Å²) in [7, 11) is 3.72. The van der Waals surface area contributed by atoms with Gasteiger partial charge in [-0.25, -0.2) is 0 Å². The maximum Gasteiger partial charge on any atom is 0.220 e. The molecule has 1 amide bonds. The van der Waals surface area contributed by atoms with Crippen LogP contribution in [-0.4, -0.2) is 63.8 Å². The second-order valence-electron chi connectivity index (χ2n) is 4.86. The molecule has 0 saturated carbocycles. The van der Waals surface area contributed by atoms with Gasteiger partial charge >= 0.3 is 0 Å². The van der Waals surface area contributed by atoms with Gasteiger partial charge in [0.05, 0.1) is 6.61 Å². The Morgan fingerprint density at radius 2 is 2.00 bits per heavy atom. The molecule has 0 fully saturated rings. The number of carbonyl (C=O) groups is 1. The molecule has 108 valence electrons. The lowest BCUT2D eigenvalue weighted by Gasteiger charge is -2.16. The molecule has 0 rings (SSSR count). The van der Waals surface area contributed by atoms with Gasteiger partial charge in [-0.3, -0.25) is 4.79 Å². The number of methoxy groups -OCH3 is 1. The predicted molar refractivity (Wildman–Crippen MR) is 74.8 cm³/mol. The van der Waals surface area contributed by atoms with E-state index >= 15 is 0 Å². The summed E-state index contributed by atoms with van der Waals surface area (Å²) in [5.41, 5.74) is 0. The van der Waals surface area contributed by atoms with Crippen molar-refractivity contribution in [2.24, 2.45) is 0 Å². The second kappa shape index (κ2) is 11.4. The SMILES string of the molecule is COCCN(C)CCNC(=O)CCCNC(C)C. The van der Waals surface area contributed by atoms with Gasteiger partial charge in [0.1, 0.15) is 0 Å². The Balaban J connectivity index is 3.36. The van der Waals surface area contributed by atoms with Crippen LogP contribution in [0.1, 0.15) is 26.7 Å². The van der Waals surface area contributed by atoms with E-state index in [1.807, 2.05) is 7.05 Å². The summed E-state index contributed by atoms with van der Waals surface area (Å²) in [4.78, 5) is 13.6. The minimum absolute atomic E-state index is 0.140. The first-order valence-electron chi connectivity index (χ1n) is 6.73.